The van der Waals surface area contributed by atoms with Gasteiger partial charge in [0.05, 0.1) is 5.56 Å². The van der Waals surface area contributed by atoms with Crippen LogP contribution in [0.25, 0.3) is 22.3 Å². The second-order valence-corrected chi connectivity index (χ2v) is 4.24. The zero-order valence-corrected chi connectivity index (χ0v) is 9.93. The number of fused-ring (bicyclic) bond motifs is 1. The summed E-state index contributed by atoms with van der Waals surface area (Å²) >= 11 is 0. The number of anilines is 1. The molecule has 0 saturated heterocycles. The van der Waals surface area contributed by atoms with Crippen molar-refractivity contribution in [3.05, 3.63) is 42.1 Å². The van der Waals surface area contributed by atoms with E-state index in [0.29, 0.717) is 22.5 Å². The Morgan fingerprint density at radius 3 is 2.89 bits per heavy atom. The molecule has 3 rings (SSSR count). The molecule has 0 aliphatic rings. The summed E-state index contributed by atoms with van der Waals surface area (Å²) in [6, 6.07) is 8.14. The summed E-state index contributed by atoms with van der Waals surface area (Å²) in [5, 5.41) is 10.2. The number of alkyl halides is 1. The van der Waals surface area contributed by atoms with Crippen LogP contribution in [0.2, 0.25) is 0 Å². The summed E-state index contributed by atoms with van der Waals surface area (Å²) in [4.78, 5) is 3.94. The lowest BCUT2D eigenvalue weighted by Gasteiger charge is -2.02. The first-order valence-electron chi connectivity index (χ1n) is 5.70. The molecule has 3 aromatic rings. The summed E-state index contributed by atoms with van der Waals surface area (Å²) in [6.07, 6.45) is 1.40. The molecule has 0 unspecified atom stereocenters. The third-order valence-corrected chi connectivity index (χ3v) is 2.89. The van der Waals surface area contributed by atoms with Gasteiger partial charge in [-0.05, 0) is 30.3 Å². The summed E-state index contributed by atoms with van der Waals surface area (Å²) in [7, 11) is 0. The largest absolute Gasteiger partial charge is 0.508 e. The number of rotatable bonds is 2. The van der Waals surface area contributed by atoms with Crippen LogP contribution in [-0.4, -0.2) is 10.1 Å². The molecule has 96 valence electrons. The van der Waals surface area contributed by atoms with Gasteiger partial charge >= 0.3 is 0 Å². The number of nitrogens with two attached hydrogens (primary N) is 1. The number of benzene rings is 1. The molecular weight excluding hydrogens is 247 g/mol. The topological polar surface area (TPSA) is 72.3 Å². The summed E-state index contributed by atoms with van der Waals surface area (Å²) < 4.78 is 18.3. The van der Waals surface area contributed by atoms with Crippen molar-refractivity contribution in [3.63, 3.8) is 0 Å². The van der Waals surface area contributed by atoms with Crippen molar-refractivity contribution >= 4 is 16.8 Å². The quantitative estimate of drug-likeness (QED) is 0.740. The van der Waals surface area contributed by atoms with E-state index >= 15 is 0 Å². The summed E-state index contributed by atoms with van der Waals surface area (Å²) in [6.45, 7) is -0.610. The fraction of sp³-hybridized carbons (Fsp3) is 0.0714. The third-order valence-electron chi connectivity index (χ3n) is 2.89. The molecule has 1 aromatic carbocycles. The first-order chi connectivity index (χ1) is 9.17. The number of phenols is 1. The monoisotopic (exact) mass is 258 g/mol. The second kappa shape index (κ2) is 4.28. The number of aromatic nitrogens is 1. The Morgan fingerprint density at radius 2 is 2.11 bits per heavy atom. The van der Waals surface area contributed by atoms with Gasteiger partial charge in [0.25, 0.3) is 0 Å². The van der Waals surface area contributed by atoms with Gasteiger partial charge in [-0.1, -0.05) is 0 Å². The molecule has 0 aliphatic heterocycles. The van der Waals surface area contributed by atoms with Gasteiger partial charge in [-0.15, -0.1) is 0 Å². The molecule has 0 radical (unpaired) electrons. The van der Waals surface area contributed by atoms with Crippen molar-refractivity contribution in [3.8, 4) is 17.1 Å². The lowest BCUT2D eigenvalue weighted by molar-refractivity contribution is 0.476. The molecule has 2 aromatic heterocycles. The molecule has 0 aliphatic carbocycles. The van der Waals surface area contributed by atoms with Crippen molar-refractivity contribution in [1.29, 1.82) is 0 Å². The van der Waals surface area contributed by atoms with E-state index in [9.17, 15) is 9.50 Å². The predicted octanol–water partition coefficient (Wildman–Crippen LogP) is 3.25. The second-order valence-electron chi connectivity index (χ2n) is 4.24. The minimum Gasteiger partial charge on any atom is -0.508 e. The van der Waals surface area contributed by atoms with Crippen LogP contribution in [-0.2, 0) is 6.67 Å². The van der Waals surface area contributed by atoms with E-state index < -0.39 is 6.67 Å². The maximum Gasteiger partial charge on any atom is 0.139 e. The Bertz CT molecular complexity index is 752. The number of halogens is 1. The number of phenolic OH excluding ortho intramolecular Hbond substituents is 1. The van der Waals surface area contributed by atoms with E-state index in [0.717, 1.165) is 5.39 Å². The standard InChI is InChI=1S/C14H11FN2O2/c15-6-8-3-11(14(16)17-7-8)13-5-9-4-10(18)1-2-12(9)19-13/h1-5,7,18H,6H2,(H2,16,17). The fourth-order valence-corrected chi connectivity index (χ4v) is 1.95. The highest BCUT2D eigenvalue weighted by Crippen LogP contribution is 2.32. The minimum atomic E-state index is -0.610. The SMILES string of the molecule is Nc1ncc(CF)cc1-c1cc2cc(O)ccc2o1. The minimum absolute atomic E-state index is 0.156. The summed E-state index contributed by atoms with van der Waals surface area (Å²) in [5.41, 5.74) is 7.39. The van der Waals surface area contributed by atoms with Gasteiger partial charge in [0, 0.05) is 17.1 Å². The average Bonchev–Trinajstić information content (AvgIpc) is 2.82. The van der Waals surface area contributed by atoms with Gasteiger partial charge in [0.1, 0.15) is 29.6 Å². The van der Waals surface area contributed by atoms with E-state index in [1.807, 2.05) is 0 Å². The first kappa shape index (κ1) is 11.5. The van der Waals surface area contributed by atoms with Crippen molar-refractivity contribution in [2.24, 2.45) is 0 Å². The van der Waals surface area contributed by atoms with Crippen LogP contribution in [0.4, 0.5) is 10.2 Å². The Balaban J connectivity index is 2.18. The van der Waals surface area contributed by atoms with Crippen LogP contribution in [0.5, 0.6) is 5.75 Å². The highest BCUT2D eigenvalue weighted by molar-refractivity contribution is 5.85. The van der Waals surface area contributed by atoms with E-state index in [1.54, 1.807) is 24.3 Å². The molecular formula is C14H11FN2O2. The normalized spacial score (nSPS) is 11.0. The molecule has 2 heterocycles. The van der Waals surface area contributed by atoms with Crippen LogP contribution >= 0.6 is 0 Å². The lowest BCUT2D eigenvalue weighted by atomic mass is 10.1. The molecule has 3 N–H and O–H groups in total. The maximum absolute atomic E-state index is 12.7. The number of aromatic hydroxyl groups is 1. The van der Waals surface area contributed by atoms with Gasteiger partial charge in [0.15, 0.2) is 0 Å². The average molecular weight is 258 g/mol. The molecule has 0 bridgehead atoms. The van der Waals surface area contributed by atoms with Crippen LogP contribution < -0.4 is 5.73 Å². The molecule has 4 nitrogen and oxygen atoms in total. The predicted molar refractivity (Wildman–Crippen MR) is 70.3 cm³/mol. The Morgan fingerprint density at radius 1 is 1.26 bits per heavy atom. The van der Waals surface area contributed by atoms with Crippen LogP contribution in [0.3, 0.4) is 0 Å². The summed E-state index contributed by atoms with van der Waals surface area (Å²) in [5.74, 6) is 0.935. The first-order valence-corrected chi connectivity index (χ1v) is 5.70. The van der Waals surface area contributed by atoms with E-state index in [4.69, 9.17) is 10.2 Å². The van der Waals surface area contributed by atoms with Crippen LogP contribution in [0.1, 0.15) is 5.56 Å². The van der Waals surface area contributed by atoms with E-state index in [1.165, 1.54) is 12.3 Å². The molecule has 0 amide bonds. The number of furan rings is 1. The van der Waals surface area contributed by atoms with Gasteiger partial charge in [-0.25, -0.2) is 9.37 Å². The number of pyridine rings is 1. The van der Waals surface area contributed by atoms with Crippen molar-refractivity contribution in [2.45, 2.75) is 6.67 Å². The highest BCUT2D eigenvalue weighted by Gasteiger charge is 2.11. The Kier molecular flexibility index (Phi) is 2.59. The third kappa shape index (κ3) is 1.99. The fourth-order valence-electron chi connectivity index (χ4n) is 1.95. The lowest BCUT2D eigenvalue weighted by Crippen LogP contribution is -1.95. The molecule has 0 fully saturated rings. The van der Waals surface area contributed by atoms with Gasteiger partial charge in [-0.2, -0.15) is 0 Å². The molecule has 0 saturated carbocycles. The maximum atomic E-state index is 12.7. The number of hydrogen-bond acceptors (Lipinski definition) is 4. The molecule has 0 spiro atoms. The zero-order chi connectivity index (χ0) is 13.4. The van der Waals surface area contributed by atoms with Crippen molar-refractivity contribution < 1.29 is 13.9 Å². The Labute approximate surface area is 108 Å². The molecule has 19 heavy (non-hydrogen) atoms. The van der Waals surface area contributed by atoms with Crippen LogP contribution in [0, 0.1) is 0 Å². The smallest absolute Gasteiger partial charge is 0.139 e. The number of nitrogens with zero attached hydrogens (tertiary/aromatic N) is 1. The molecule has 5 heteroatoms. The van der Waals surface area contributed by atoms with Gasteiger partial charge in [0.2, 0.25) is 0 Å². The van der Waals surface area contributed by atoms with Crippen molar-refractivity contribution in [1.82, 2.24) is 4.98 Å². The van der Waals surface area contributed by atoms with Gasteiger partial charge in [-0.3, -0.25) is 0 Å². The molecule has 0 atom stereocenters. The zero-order valence-electron chi connectivity index (χ0n) is 9.93. The highest BCUT2D eigenvalue weighted by atomic mass is 19.1. The van der Waals surface area contributed by atoms with E-state index in [-0.39, 0.29) is 11.6 Å². The van der Waals surface area contributed by atoms with Crippen LogP contribution in [0.15, 0.2) is 40.9 Å². The Hall–Kier alpha value is -2.56. The van der Waals surface area contributed by atoms with Crippen molar-refractivity contribution in [2.75, 3.05) is 5.73 Å². The van der Waals surface area contributed by atoms with E-state index in [2.05, 4.69) is 4.98 Å². The number of nitrogen functional groups attached to an aromatic ring is 1. The number of hydrogen-bond donors (Lipinski definition) is 2. The van der Waals surface area contributed by atoms with Gasteiger partial charge < -0.3 is 15.3 Å².